The topological polar surface area (TPSA) is 73.9 Å². The number of piperidine rings is 1. The van der Waals surface area contributed by atoms with E-state index in [2.05, 4.69) is 34.3 Å². The summed E-state index contributed by atoms with van der Waals surface area (Å²) in [6, 6.07) is 5.83. The highest BCUT2D eigenvalue weighted by atomic mass is 16.5. The Morgan fingerprint density at radius 2 is 1.58 bits per heavy atom. The van der Waals surface area contributed by atoms with Crippen molar-refractivity contribution < 1.29 is 14.3 Å². The molecule has 0 aromatic heterocycles. The summed E-state index contributed by atoms with van der Waals surface area (Å²) >= 11 is 0. The number of benzene rings is 1. The zero-order valence-electron chi connectivity index (χ0n) is 24.1. The van der Waals surface area contributed by atoms with E-state index in [1.165, 1.54) is 44.9 Å². The molecular weight excluding hydrogens is 476 g/mol. The molecule has 1 aromatic rings. The molecule has 0 unspecified atom stereocenters. The molecule has 0 spiro atoms. The van der Waals surface area contributed by atoms with Crippen LogP contribution >= 0.6 is 0 Å². The Balaban J connectivity index is 1.50. The van der Waals surface area contributed by atoms with Crippen molar-refractivity contribution in [1.29, 1.82) is 0 Å². The first kappa shape index (κ1) is 30.4. The lowest BCUT2D eigenvalue weighted by Gasteiger charge is -2.33. The van der Waals surface area contributed by atoms with Gasteiger partial charge in [-0.05, 0) is 43.4 Å². The summed E-state index contributed by atoms with van der Waals surface area (Å²) in [4.78, 5) is 30.6. The number of anilines is 2. The SMILES string of the molecule is CCCCCCCCCCCC(=O)Nc1ccc(N2CCC(C)CC2)c(C(=O)NCCN2CCOCC2)c1. The highest BCUT2D eigenvalue weighted by Gasteiger charge is 2.22. The molecule has 7 nitrogen and oxygen atoms in total. The van der Waals surface area contributed by atoms with E-state index in [1.807, 2.05) is 18.2 Å². The lowest BCUT2D eigenvalue weighted by Crippen LogP contribution is -2.41. The van der Waals surface area contributed by atoms with Gasteiger partial charge in [-0.15, -0.1) is 0 Å². The van der Waals surface area contributed by atoms with Gasteiger partial charge >= 0.3 is 0 Å². The Labute approximate surface area is 231 Å². The Hall–Kier alpha value is -2.12. The molecule has 7 heteroatoms. The van der Waals surface area contributed by atoms with Crippen LogP contribution in [0.3, 0.4) is 0 Å². The fraction of sp³-hybridized carbons (Fsp3) is 0.742. The summed E-state index contributed by atoms with van der Waals surface area (Å²) < 4.78 is 5.42. The van der Waals surface area contributed by atoms with E-state index in [1.54, 1.807) is 0 Å². The van der Waals surface area contributed by atoms with Crippen LogP contribution in [0.5, 0.6) is 0 Å². The van der Waals surface area contributed by atoms with Crippen molar-refractivity contribution >= 4 is 23.2 Å². The summed E-state index contributed by atoms with van der Waals surface area (Å²) in [6.07, 6.45) is 13.9. The van der Waals surface area contributed by atoms with Gasteiger partial charge in [0.1, 0.15) is 0 Å². The molecule has 214 valence electrons. The molecule has 38 heavy (non-hydrogen) atoms. The second kappa shape index (κ2) is 17.5. The number of nitrogens with one attached hydrogen (secondary N) is 2. The minimum Gasteiger partial charge on any atom is -0.379 e. The molecular formula is C31H52N4O3. The van der Waals surface area contributed by atoms with Gasteiger partial charge in [0.05, 0.1) is 18.8 Å². The summed E-state index contributed by atoms with van der Waals surface area (Å²) in [6.45, 7) is 11.2. The molecule has 3 rings (SSSR count). The van der Waals surface area contributed by atoms with Crippen molar-refractivity contribution in [3.63, 3.8) is 0 Å². The Morgan fingerprint density at radius 1 is 0.921 bits per heavy atom. The second-order valence-electron chi connectivity index (χ2n) is 11.2. The highest BCUT2D eigenvalue weighted by Crippen LogP contribution is 2.29. The quantitative estimate of drug-likeness (QED) is 0.264. The molecule has 2 fully saturated rings. The van der Waals surface area contributed by atoms with Crippen LogP contribution in [0.1, 0.15) is 101 Å². The lowest BCUT2D eigenvalue weighted by molar-refractivity contribution is -0.116. The lowest BCUT2D eigenvalue weighted by atomic mass is 9.97. The minimum atomic E-state index is -0.0677. The van der Waals surface area contributed by atoms with Crippen LogP contribution in [-0.4, -0.2) is 69.2 Å². The van der Waals surface area contributed by atoms with E-state index in [-0.39, 0.29) is 11.8 Å². The fourth-order valence-corrected chi connectivity index (χ4v) is 5.39. The number of carbonyl (C=O) groups excluding carboxylic acids is 2. The van der Waals surface area contributed by atoms with Crippen LogP contribution in [0.25, 0.3) is 0 Å². The summed E-state index contributed by atoms with van der Waals surface area (Å²) in [7, 11) is 0. The maximum atomic E-state index is 13.3. The monoisotopic (exact) mass is 528 g/mol. The fourth-order valence-electron chi connectivity index (χ4n) is 5.39. The molecule has 0 atom stereocenters. The zero-order chi connectivity index (χ0) is 27.0. The maximum Gasteiger partial charge on any atom is 0.253 e. The number of hydrogen-bond donors (Lipinski definition) is 2. The summed E-state index contributed by atoms with van der Waals surface area (Å²) in [5.41, 5.74) is 2.33. The van der Waals surface area contributed by atoms with Crippen LogP contribution in [0.4, 0.5) is 11.4 Å². The van der Waals surface area contributed by atoms with Crippen molar-refractivity contribution in [2.24, 2.45) is 5.92 Å². The van der Waals surface area contributed by atoms with Gasteiger partial charge in [-0.3, -0.25) is 14.5 Å². The number of morpholine rings is 1. The predicted octanol–water partition coefficient (Wildman–Crippen LogP) is 5.84. The summed E-state index contributed by atoms with van der Waals surface area (Å²) in [5, 5.41) is 6.17. The molecule has 0 bridgehead atoms. The largest absolute Gasteiger partial charge is 0.379 e. The van der Waals surface area contributed by atoms with Gasteiger partial charge in [0.2, 0.25) is 5.91 Å². The number of amides is 2. The van der Waals surface area contributed by atoms with Crippen LogP contribution in [0.15, 0.2) is 18.2 Å². The third-order valence-electron chi connectivity index (χ3n) is 7.97. The molecule has 2 heterocycles. The van der Waals surface area contributed by atoms with Gasteiger partial charge in [-0.1, -0.05) is 65.2 Å². The number of carbonyl (C=O) groups is 2. The third kappa shape index (κ3) is 10.9. The number of nitrogens with zero attached hydrogens (tertiary/aromatic N) is 2. The van der Waals surface area contributed by atoms with Crippen molar-refractivity contribution in [2.75, 3.05) is 62.7 Å². The first-order valence-corrected chi connectivity index (χ1v) is 15.3. The third-order valence-corrected chi connectivity index (χ3v) is 7.97. The second-order valence-corrected chi connectivity index (χ2v) is 11.2. The molecule has 1 aromatic carbocycles. The van der Waals surface area contributed by atoms with Crippen molar-refractivity contribution in [3.05, 3.63) is 23.8 Å². The van der Waals surface area contributed by atoms with Crippen molar-refractivity contribution in [2.45, 2.75) is 90.9 Å². The van der Waals surface area contributed by atoms with Crippen LogP contribution in [0, 0.1) is 5.92 Å². The van der Waals surface area contributed by atoms with Crippen LogP contribution in [-0.2, 0) is 9.53 Å². The first-order chi connectivity index (χ1) is 18.6. The average molecular weight is 529 g/mol. The number of unbranched alkanes of at least 4 members (excludes halogenated alkanes) is 8. The van der Waals surface area contributed by atoms with E-state index < -0.39 is 0 Å². The standard InChI is InChI=1S/C31H52N4O3/c1-3-4-5-6-7-8-9-10-11-12-30(36)33-27-13-14-29(35-18-15-26(2)16-19-35)28(25-27)31(37)32-17-20-34-21-23-38-24-22-34/h13-14,25-26H,3-12,15-24H2,1-2H3,(H,32,37)(H,33,36). The number of ether oxygens (including phenoxy) is 1. The maximum absolute atomic E-state index is 13.3. The highest BCUT2D eigenvalue weighted by molar-refractivity contribution is 6.02. The van der Waals surface area contributed by atoms with Crippen LogP contribution in [0.2, 0.25) is 0 Å². The smallest absolute Gasteiger partial charge is 0.253 e. The number of hydrogen-bond acceptors (Lipinski definition) is 5. The Bertz CT molecular complexity index is 832. The van der Waals surface area contributed by atoms with Crippen LogP contribution < -0.4 is 15.5 Å². The molecule has 2 amide bonds. The molecule has 2 saturated heterocycles. The normalized spacial score (nSPS) is 16.9. The van der Waals surface area contributed by atoms with E-state index >= 15 is 0 Å². The molecule has 0 radical (unpaired) electrons. The van der Waals surface area contributed by atoms with Gasteiger partial charge in [0.15, 0.2) is 0 Å². The van der Waals surface area contributed by atoms with E-state index in [9.17, 15) is 9.59 Å². The van der Waals surface area contributed by atoms with Crippen molar-refractivity contribution in [1.82, 2.24) is 10.2 Å². The van der Waals surface area contributed by atoms with Gasteiger partial charge in [-0.25, -0.2) is 0 Å². The Morgan fingerprint density at radius 3 is 2.26 bits per heavy atom. The van der Waals surface area contributed by atoms with E-state index in [4.69, 9.17) is 4.74 Å². The van der Waals surface area contributed by atoms with E-state index in [0.717, 1.165) is 83.2 Å². The van der Waals surface area contributed by atoms with Gasteiger partial charge in [0, 0.05) is 57.1 Å². The number of rotatable bonds is 16. The molecule has 0 saturated carbocycles. The molecule has 2 aliphatic rings. The average Bonchev–Trinajstić information content (AvgIpc) is 2.93. The molecule has 2 N–H and O–H groups in total. The minimum absolute atomic E-state index is 0.0335. The predicted molar refractivity (Wildman–Crippen MR) is 157 cm³/mol. The molecule has 2 aliphatic heterocycles. The zero-order valence-corrected chi connectivity index (χ0v) is 24.1. The first-order valence-electron chi connectivity index (χ1n) is 15.3. The van der Waals surface area contributed by atoms with Gasteiger partial charge in [-0.2, -0.15) is 0 Å². The van der Waals surface area contributed by atoms with Gasteiger partial charge < -0.3 is 20.3 Å². The summed E-state index contributed by atoms with van der Waals surface area (Å²) in [5.74, 6) is 0.685. The van der Waals surface area contributed by atoms with Crippen molar-refractivity contribution in [3.8, 4) is 0 Å². The van der Waals surface area contributed by atoms with E-state index in [0.29, 0.717) is 24.2 Å². The molecule has 0 aliphatic carbocycles. The Kier molecular flexibility index (Phi) is 14.0. The van der Waals surface area contributed by atoms with Gasteiger partial charge in [0.25, 0.3) is 5.91 Å².